The van der Waals surface area contributed by atoms with Gasteiger partial charge in [0.05, 0.1) is 29.5 Å². The van der Waals surface area contributed by atoms with Crippen molar-refractivity contribution in [1.82, 2.24) is 29.4 Å². The molecule has 5 amide bonds. The second-order valence-corrected chi connectivity index (χ2v) is 27.0. The summed E-state index contributed by atoms with van der Waals surface area (Å²) < 4.78 is 116. The van der Waals surface area contributed by atoms with Crippen molar-refractivity contribution in [2.24, 2.45) is 0 Å². The van der Waals surface area contributed by atoms with Crippen LogP contribution in [0, 0.1) is 5.82 Å². The Hall–Kier alpha value is -7.51. The van der Waals surface area contributed by atoms with Gasteiger partial charge >= 0.3 is 18.4 Å². The third-order valence-electron chi connectivity index (χ3n) is 20.5. The van der Waals surface area contributed by atoms with E-state index >= 15 is 0 Å². The summed E-state index contributed by atoms with van der Waals surface area (Å²) in [7, 11) is 3.59. The molecule has 1 spiro atoms. The number of anilines is 2. The normalized spacial score (nSPS) is 18.2. The van der Waals surface area contributed by atoms with Gasteiger partial charge in [-0.1, -0.05) is 97.4 Å². The lowest BCUT2D eigenvalue weighted by molar-refractivity contribution is -0.143. The summed E-state index contributed by atoms with van der Waals surface area (Å²) >= 11 is 0. The molecule has 3 fully saturated rings. The van der Waals surface area contributed by atoms with E-state index in [-0.39, 0.29) is 92.8 Å². The summed E-state index contributed by atoms with van der Waals surface area (Å²) in [6.07, 6.45) is -2.86. The van der Waals surface area contributed by atoms with Gasteiger partial charge in [0.2, 0.25) is 17.7 Å². The largest absolute Gasteiger partial charge is 0.446 e. The molecule has 102 heavy (non-hydrogen) atoms. The number of amides is 5. The minimum atomic E-state index is -5.15. The molecule has 4 aliphatic heterocycles. The molecule has 11 rings (SSSR count). The topological polar surface area (TPSA) is 157 Å². The second kappa shape index (κ2) is 35.8. The van der Waals surface area contributed by atoms with Crippen LogP contribution in [-0.4, -0.2) is 171 Å². The fourth-order valence-corrected chi connectivity index (χ4v) is 14.6. The molecule has 0 saturated carbocycles. The van der Waals surface area contributed by atoms with Crippen LogP contribution in [0.1, 0.15) is 120 Å². The first-order chi connectivity index (χ1) is 47.5. The summed E-state index contributed by atoms with van der Waals surface area (Å²) in [4.78, 5) is 77.9. The molecular weight excluding hydrogens is 1390 g/mol. The van der Waals surface area contributed by atoms with E-state index in [4.69, 9.17) is 14.2 Å². The van der Waals surface area contributed by atoms with Crippen LogP contribution in [0.15, 0.2) is 140 Å². The smallest absolute Gasteiger partial charge is 0.416 e. The Bertz CT molecular complexity index is 3770. The molecule has 2 atom stereocenters. The molecule has 6 aromatic carbocycles. The summed E-state index contributed by atoms with van der Waals surface area (Å²) in [6, 6.07) is 38.3. The standard InChI is InChI=1S/C76H87F7N8O8.3ClH/c1-86(35-13-21-69(93)90-38-28-54-46-62(27-22-56(54)49-90)84-34-12-4-7-20-68(92)87(2)42-43-88-36-29-63(30-37-88)99-72(96)85-66-19-11-9-17-64(66)53-14-5-3-6-15-53)70(94)50-97-67-47-55-16-8-10-18-65(55)73(67)31-39-89(40-32-73)41-33-74(58-23-25-61(77)26-24-58)51-91(52-98-74)71(95)57-44-59(75(78,79)80)48-60(45-57)76(81,82)83;;;/h3,5-6,8-11,14-19,22-27,44-46,48,63,67,84H,4,7,12-13,20-21,28-43,47,49-52H2,1-2H3,(H,85,96);3*1H/t67-,74-;;;/m0.../s1. The predicted molar refractivity (Wildman–Crippen MR) is 384 cm³/mol. The lowest BCUT2D eigenvalue weighted by Gasteiger charge is -2.44. The van der Waals surface area contributed by atoms with E-state index in [0.29, 0.717) is 108 Å². The molecule has 0 bridgehead atoms. The van der Waals surface area contributed by atoms with Crippen LogP contribution in [-0.2, 0) is 71.3 Å². The van der Waals surface area contributed by atoms with Crippen LogP contribution in [0.3, 0.4) is 0 Å². The zero-order valence-electron chi connectivity index (χ0n) is 57.3. The van der Waals surface area contributed by atoms with Crippen molar-refractivity contribution in [1.29, 1.82) is 0 Å². The summed E-state index contributed by atoms with van der Waals surface area (Å²) in [6.45, 7) is 6.13. The van der Waals surface area contributed by atoms with E-state index < -0.39 is 64.6 Å². The fraction of sp³-hybridized carbons (Fsp3) is 0.461. The molecule has 16 nitrogen and oxygen atoms in total. The second-order valence-electron chi connectivity index (χ2n) is 27.0. The van der Waals surface area contributed by atoms with Gasteiger partial charge < -0.3 is 48.9 Å². The van der Waals surface area contributed by atoms with E-state index in [1.165, 1.54) is 35.4 Å². The molecule has 1 aliphatic carbocycles. The third-order valence-corrected chi connectivity index (χ3v) is 20.5. The molecule has 4 heterocycles. The minimum Gasteiger partial charge on any atom is -0.446 e. The minimum absolute atomic E-state index is 0. The van der Waals surface area contributed by atoms with Crippen LogP contribution in [0.2, 0.25) is 0 Å². The Morgan fingerprint density at radius 2 is 1.31 bits per heavy atom. The number of halogens is 10. The number of hydrogen-bond acceptors (Lipinski definition) is 11. The number of nitrogens with zero attached hydrogens (tertiary/aromatic N) is 6. The molecule has 3 saturated heterocycles. The van der Waals surface area contributed by atoms with Crippen molar-refractivity contribution in [2.75, 3.05) is 110 Å². The molecule has 6 aromatic rings. The SMILES string of the molecule is CN(CCN1CCC(OC(=O)Nc2ccccc2-c2ccccc2)CC1)C(=O)CCCCCNc1ccc2c(c1)CCN(C(=O)CCCN(C)C(=O)CO[C@H]1Cc3ccccc3C13CCN(CC[C@@]1(c4ccc(F)cc4)CN(C(=O)c4cc(C(F)(F)F)cc(C(F)(F)F)c4)CO1)CC3)C2.Cl.Cl.Cl. The van der Waals surface area contributed by atoms with Crippen LogP contribution in [0.25, 0.3) is 11.1 Å². The molecule has 0 radical (unpaired) electrons. The van der Waals surface area contributed by atoms with E-state index in [9.17, 15) is 54.7 Å². The van der Waals surface area contributed by atoms with Crippen molar-refractivity contribution >= 4 is 78.3 Å². The number of likely N-dealkylation sites (tertiary alicyclic amines) is 2. The maximum absolute atomic E-state index is 14.3. The average Bonchev–Trinajstić information content (AvgIpc) is 1.59. The van der Waals surface area contributed by atoms with E-state index in [2.05, 4.69) is 50.8 Å². The van der Waals surface area contributed by atoms with Gasteiger partial charge in [-0.15, -0.1) is 37.2 Å². The average molecular weight is 1480 g/mol. The van der Waals surface area contributed by atoms with Crippen LogP contribution in [0.5, 0.6) is 0 Å². The van der Waals surface area contributed by atoms with Gasteiger partial charge in [-0.05, 0) is 159 Å². The fourth-order valence-electron chi connectivity index (χ4n) is 14.6. The summed E-state index contributed by atoms with van der Waals surface area (Å²) in [5, 5.41) is 6.48. The number of likely N-dealkylation sites (N-methyl/N-ethyl adjacent to an activating group) is 2. The van der Waals surface area contributed by atoms with Crippen LogP contribution < -0.4 is 10.6 Å². The molecule has 552 valence electrons. The van der Waals surface area contributed by atoms with Crippen molar-refractivity contribution < 1.29 is 68.9 Å². The molecule has 26 heteroatoms. The number of fused-ring (bicyclic) bond motifs is 3. The number of hydrogen-bond donors (Lipinski definition) is 2. The highest BCUT2D eigenvalue weighted by Gasteiger charge is 2.50. The maximum Gasteiger partial charge on any atom is 0.416 e. The van der Waals surface area contributed by atoms with Gasteiger partial charge in [0, 0.05) is 108 Å². The predicted octanol–water partition coefficient (Wildman–Crippen LogP) is 14.5. The van der Waals surface area contributed by atoms with E-state index in [0.717, 1.165) is 97.5 Å². The van der Waals surface area contributed by atoms with Crippen LogP contribution >= 0.6 is 37.2 Å². The number of rotatable bonds is 25. The third kappa shape index (κ3) is 20.1. The van der Waals surface area contributed by atoms with Crippen molar-refractivity contribution in [2.45, 2.75) is 126 Å². The molecular formula is C76H90Cl3F7N8O8. The lowest BCUT2D eigenvalue weighted by Crippen LogP contribution is -2.50. The Kier molecular flexibility index (Phi) is 28.1. The van der Waals surface area contributed by atoms with Crippen LogP contribution in [0.4, 0.5) is 46.9 Å². The van der Waals surface area contributed by atoms with Gasteiger partial charge in [-0.3, -0.25) is 24.5 Å². The number of nitrogens with one attached hydrogen (secondary N) is 2. The molecule has 5 aliphatic rings. The van der Waals surface area contributed by atoms with E-state index in [1.807, 2.05) is 83.6 Å². The quantitative estimate of drug-likeness (QED) is 0.0415. The Morgan fingerprint density at radius 3 is 2.03 bits per heavy atom. The van der Waals surface area contributed by atoms with Crippen molar-refractivity contribution in [3.63, 3.8) is 0 Å². The van der Waals surface area contributed by atoms with Crippen molar-refractivity contribution in [3.8, 4) is 11.1 Å². The zero-order valence-corrected chi connectivity index (χ0v) is 59.8. The maximum atomic E-state index is 14.3. The first-order valence-electron chi connectivity index (χ1n) is 34.4. The number of carbonyl (C=O) groups excluding carboxylic acids is 5. The Balaban J connectivity index is 0.00000440. The number of ether oxygens (including phenoxy) is 3. The number of piperidine rings is 2. The lowest BCUT2D eigenvalue weighted by atomic mass is 9.72. The van der Waals surface area contributed by atoms with Gasteiger partial charge in [-0.25, -0.2) is 9.18 Å². The monoisotopic (exact) mass is 1480 g/mol. The molecule has 2 N–H and O–H groups in total. The summed E-state index contributed by atoms with van der Waals surface area (Å²) in [5.74, 6) is -1.62. The van der Waals surface area contributed by atoms with E-state index in [1.54, 1.807) is 11.9 Å². The van der Waals surface area contributed by atoms with Gasteiger partial charge in [0.25, 0.3) is 5.91 Å². The first kappa shape index (κ1) is 80.2. The number of benzene rings is 6. The Morgan fingerprint density at radius 1 is 0.647 bits per heavy atom. The number of unbranched alkanes of at least 4 members (excludes halogenated alkanes) is 2. The molecule has 0 unspecified atom stereocenters. The highest BCUT2D eigenvalue weighted by atomic mass is 35.5. The highest BCUT2D eigenvalue weighted by Crippen LogP contribution is 2.49. The van der Waals surface area contributed by atoms with Gasteiger partial charge in [0.1, 0.15) is 30.9 Å². The van der Waals surface area contributed by atoms with Gasteiger partial charge in [0.15, 0.2) is 0 Å². The first-order valence-corrected chi connectivity index (χ1v) is 34.4. The van der Waals surface area contributed by atoms with Crippen molar-refractivity contribution in [3.05, 3.63) is 190 Å². The number of para-hydroxylation sites is 1. The highest BCUT2D eigenvalue weighted by molar-refractivity contribution is 5.95. The summed E-state index contributed by atoms with van der Waals surface area (Å²) in [5.41, 5.74) is 3.14. The number of alkyl halides is 6. The zero-order chi connectivity index (χ0) is 69.9. The Labute approximate surface area is 610 Å². The van der Waals surface area contributed by atoms with Gasteiger partial charge in [-0.2, -0.15) is 26.3 Å². The molecule has 0 aromatic heterocycles. The number of carbonyl (C=O) groups is 5.